The number of carboxylic acids is 1. The van der Waals surface area contributed by atoms with Crippen molar-refractivity contribution in [2.24, 2.45) is 5.73 Å². The fourth-order valence-electron chi connectivity index (χ4n) is 1.44. The SMILES string of the molecule is Cc1cccc(C(=O)O)c1[C@@H](N)C(F)(F)F. The zero-order valence-electron chi connectivity index (χ0n) is 8.38. The summed E-state index contributed by atoms with van der Waals surface area (Å²) in [5, 5.41) is 8.78. The molecule has 1 aromatic rings. The highest BCUT2D eigenvalue weighted by molar-refractivity contribution is 5.90. The maximum atomic E-state index is 12.4. The van der Waals surface area contributed by atoms with Crippen molar-refractivity contribution < 1.29 is 23.1 Å². The molecule has 0 aliphatic carbocycles. The first kappa shape index (κ1) is 12.5. The summed E-state index contributed by atoms with van der Waals surface area (Å²) >= 11 is 0. The van der Waals surface area contributed by atoms with Gasteiger partial charge in [0.1, 0.15) is 6.04 Å². The summed E-state index contributed by atoms with van der Waals surface area (Å²) in [6.07, 6.45) is -4.66. The highest BCUT2D eigenvalue weighted by atomic mass is 19.4. The van der Waals surface area contributed by atoms with Crippen molar-refractivity contribution in [2.45, 2.75) is 19.1 Å². The van der Waals surface area contributed by atoms with Crippen molar-refractivity contribution in [3.63, 3.8) is 0 Å². The third-order valence-corrected chi connectivity index (χ3v) is 2.22. The number of rotatable bonds is 2. The van der Waals surface area contributed by atoms with Crippen molar-refractivity contribution in [1.29, 1.82) is 0 Å². The second-order valence-electron chi connectivity index (χ2n) is 3.36. The zero-order chi connectivity index (χ0) is 12.5. The smallest absolute Gasteiger partial charge is 0.407 e. The van der Waals surface area contributed by atoms with E-state index in [9.17, 15) is 18.0 Å². The Morgan fingerprint density at radius 1 is 1.44 bits per heavy atom. The monoisotopic (exact) mass is 233 g/mol. The van der Waals surface area contributed by atoms with E-state index in [1.165, 1.54) is 19.1 Å². The average molecular weight is 233 g/mol. The van der Waals surface area contributed by atoms with Gasteiger partial charge in [-0.1, -0.05) is 12.1 Å². The molecule has 0 spiro atoms. The molecular formula is C10H10F3NO2. The molecule has 0 radical (unpaired) electrons. The lowest BCUT2D eigenvalue weighted by atomic mass is 9.95. The number of aryl methyl sites for hydroxylation is 1. The third kappa shape index (κ3) is 2.33. The predicted octanol–water partition coefficient (Wildman–Crippen LogP) is 2.26. The fraction of sp³-hybridized carbons (Fsp3) is 0.300. The van der Waals surface area contributed by atoms with E-state index in [-0.39, 0.29) is 11.1 Å². The minimum absolute atomic E-state index is 0.213. The number of nitrogens with two attached hydrogens (primary N) is 1. The van der Waals surface area contributed by atoms with Crippen molar-refractivity contribution in [3.05, 3.63) is 34.9 Å². The van der Waals surface area contributed by atoms with Gasteiger partial charge in [-0.05, 0) is 24.1 Å². The highest BCUT2D eigenvalue weighted by Gasteiger charge is 2.40. The number of benzene rings is 1. The Hall–Kier alpha value is -1.56. The van der Waals surface area contributed by atoms with Gasteiger partial charge in [-0.3, -0.25) is 0 Å². The van der Waals surface area contributed by atoms with Crippen LogP contribution < -0.4 is 5.73 Å². The van der Waals surface area contributed by atoms with Gasteiger partial charge in [0.15, 0.2) is 0 Å². The number of alkyl halides is 3. The molecule has 1 aromatic carbocycles. The lowest BCUT2D eigenvalue weighted by Crippen LogP contribution is -2.30. The van der Waals surface area contributed by atoms with Crippen LogP contribution in [-0.4, -0.2) is 17.3 Å². The lowest BCUT2D eigenvalue weighted by molar-refractivity contribution is -0.149. The maximum Gasteiger partial charge on any atom is 0.407 e. The molecule has 0 saturated carbocycles. The molecule has 0 aliphatic heterocycles. The first-order valence-electron chi connectivity index (χ1n) is 4.40. The van der Waals surface area contributed by atoms with Gasteiger partial charge in [0, 0.05) is 0 Å². The van der Waals surface area contributed by atoms with Crippen LogP contribution in [0.5, 0.6) is 0 Å². The third-order valence-electron chi connectivity index (χ3n) is 2.22. The largest absolute Gasteiger partial charge is 0.478 e. The first-order valence-corrected chi connectivity index (χ1v) is 4.40. The van der Waals surface area contributed by atoms with E-state index in [0.29, 0.717) is 0 Å². The minimum Gasteiger partial charge on any atom is -0.478 e. The van der Waals surface area contributed by atoms with Gasteiger partial charge in [-0.15, -0.1) is 0 Å². The van der Waals surface area contributed by atoms with Gasteiger partial charge in [0.25, 0.3) is 0 Å². The molecule has 3 N–H and O–H groups in total. The van der Waals surface area contributed by atoms with Crippen LogP contribution in [0.1, 0.15) is 27.5 Å². The zero-order valence-corrected chi connectivity index (χ0v) is 8.38. The summed E-state index contributed by atoms with van der Waals surface area (Å²) in [5.74, 6) is -1.42. The van der Waals surface area contributed by atoms with Crippen LogP contribution >= 0.6 is 0 Å². The van der Waals surface area contributed by atoms with E-state index in [2.05, 4.69) is 0 Å². The van der Waals surface area contributed by atoms with E-state index in [0.717, 1.165) is 6.07 Å². The number of halogens is 3. The highest BCUT2D eigenvalue weighted by Crippen LogP contribution is 2.34. The van der Waals surface area contributed by atoms with Crippen molar-refractivity contribution in [2.75, 3.05) is 0 Å². The summed E-state index contributed by atoms with van der Waals surface area (Å²) in [6, 6.07) is 1.61. The van der Waals surface area contributed by atoms with Crippen molar-refractivity contribution >= 4 is 5.97 Å². The van der Waals surface area contributed by atoms with E-state index in [4.69, 9.17) is 10.8 Å². The van der Waals surface area contributed by atoms with Crippen LogP contribution in [0.25, 0.3) is 0 Å². The van der Waals surface area contributed by atoms with Crippen LogP contribution in [-0.2, 0) is 0 Å². The average Bonchev–Trinajstić information content (AvgIpc) is 2.14. The molecule has 1 rings (SSSR count). The van der Waals surface area contributed by atoms with Gasteiger partial charge >= 0.3 is 12.1 Å². The van der Waals surface area contributed by atoms with Crippen LogP contribution in [0, 0.1) is 6.92 Å². The van der Waals surface area contributed by atoms with Gasteiger partial charge < -0.3 is 10.8 Å². The Morgan fingerprint density at radius 2 is 2.00 bits per heavy atom. The summed E-state index contributed by atoms with van der Waals surface area (Å²) in [6.45, 7) is 1.40. The Kier molecular flexibility index (Phi) is 3.23. The number of carbonyl (C=O) groups is 1. The molecule has 0 bridgehead atoms. The molecule has 88 valence electrons. The first-order chi connectivity index (χ1) is 7.25. The van der Waals surface area contributed by atoms with Crippen LogP contribution in [0.2, 0.25) is 0 Å². The van der Waals surface area contributed by atoms with Crippen LogP contribution in [0.15, 0.2) is 18.2 Å². The Morgan fingerprint density at radius 3 is 2.44 bits per heavy atom. The molecule has 0 unspecified atom stereocenters. The van der Waals surface area contributed by atoms with E-state index < -0.39 is 23.8 Å². The van der Waals surface area contributed by atoms with Gasteiger partial charge in [0.2, 0.25) is 0 Å². The van der Waals surface area contributed by atoms with Gasteiger partial charge in [-0.2, -0.15) is 13.2 Å². The van der Waals surface area contributed by atoms with Gasteiger partial charge in [0.05, 0.1) is 5.56 Å². The Labute approximate surface area is 89.7 Å². The normalized spacial score (nSPS) is 13.6. The second kappa shape index (κ2) is 4.13. The van der Waals surface area contributed by atoms with Crippen molar-refractivity contribution in [1.82, 2.24) is 0 Å². The number of hydrogen-bond acceptors (Lipinski definition) is 2. The Balaban J connectivity index is 3.36. The summed E-state index contributed by atoms with van der Waals surface area (Å²) in [4.78, 5) is 10.8. The van der Waals surface area contributed by atoms with E-state index >= 15 is 0 Å². The number of hydrogen-bond donors (Lipinski definition) is 2. The molecule has 0 aromatic heterocycles. The molecule has 6 heteroatoms. The molecule has 16 heavy (non-hydrogen) atoms. The summed E-state index contributed by atoms with van der Waals surface area (Å²) in [5.41, 5.74) is 4.44. The molecular weight excluding hydrogens is 223 g/mol. The lowest BCUT2D eigenvalue weighted by Gasteiger charge is -2.19. The number of aromatic carboxylic acids is 1. The summed E-state index contributed by atoms with van der Waals surface area (Å²) < 4.78 is 37.3. The molecule has 0 aliphatic rings. The second-order valence-corrected chi connectivity index (χ2v) is 3.36. The summed E-state index contributed by atoms with van der Waals surface area (Å²) in [7, 11) is 0. The maximum absolute atomic E-state index is 12.4. The number of carboxylic acid groups (broad SMARTS) is 1. The van der Waals surface area contributed by atoms with Crippen molar-refractivity contribution in [3.8, 4) is 0 Å². The minimum atomic E-state index is -4.66. The fourth-order valence-corrected chi connectivity index (χ4v) is 1.44. The van der Waals surface area contributed by atoms with Crippen LogP contribution in [0.4, 0.5) is 13.2 Å². The van der Waals surface area contributed by atoms with Crippen LogP contribution in [0.3, 0.4) is 0 Å². The molecule has 3 nitrogen and oxygen atoms in total. The standard InChI is InChI=1S/C10H10F3NO2/c1-5-3-2-4-6(9(15)16)7(5)8(14)10(11,12)13/h2-4,8H,14H2,1H3,(H,15,16)/t8-/m1/s1. The molecule has 1 atom stereocenters. The van der Waals surface area contributed by atoms with Gasteiger partial charge in [-0.25, -0.2) is 4.79 Å². The predicted molar refractivity (Wildman–Crippen MR) is 51.1 cm³/mol. The van der Waals surface area contributed by atoms with E-state index in [1.54, 1.807) is 0 Å². The quantitative estimate of drug-likeness (QED) is 0.823. The Bertz CT molecular complexity index is 415. The topological polar surface area (TPSA) is 63.3 Å². The molecule has 0 heterocycles. The molecule has 0 amide bonds. The molecule has 0 saturated heterocycles. The van der Waals surface area contributed by atoms with E-state index in [1.807, 2.05) is 0 Å². The molecule has 0 fully saturated rings.